The SMILES string of the molecule is CC(=O)OC(CCC(C)(C)COO)C(C)=O. The molecular weight excluding hydrogens is 212 g/mol. The van der Waals surface area contributed by atoms with Gasteiger partial charge in [-0.3, -0.25) is 14.8 Å². The normalized spacial score (nSPS) is 13.3. The molecule has 0 saturated carbocycles. The first-order valence-corrected chi connectivity index (χ1v) is 5.22. The van der Waals surface area contributed by atoms with E-state index in [1.807, 2.05) is 13.8 Å². The molecule has 0 amide bonds. The van der Waals surface area contributed by atoms with Gasteiger partial charge >= 0.3 is 5.97 Å². The Morgan fingerprint density at radius 3 is 2.25 bits per heavy atom. The van der Waals surface area contributed by atoms with Crippen LogP contribution in [-0.2, 0) is 19.2 Å². The molecule has 0 spiro atoms. The lowest BCUT2D eigenvalue weighted by molar-refractivity contribution is -0.260. The zero-order valence-corrected chi connectivity index (χ0v) is 10.3. The van der Waals surface area contributed by atoms with Crippen LogP contribution in [0.3, 0.4) is 0 Å². The molecule has 0 bridgehead atoms. The maximum absolute atomic E-state index is 11.2. The van der Waals surface area contributed by atoms with Crippen LogP contribution in [0.4, 0.5) is 0 Å². The zero-order chi connectivity index (χ0) is 12.8. The van der Waals surface area contributed by atoms with E-state index < -0.39 is 12.1 Å². The summed E-state index contributed by atoms with van der Waals surface area (Å²) in [6, 6.07) is 0. The fourth-order valence-electron chi connectivity index (χ4n) is 1.31. The maximum atomic E-state index is 11.2. The van der Waals surface area contributed by atoms with Gasteiger partial charge in [-0.1, -0.05) is 13.8 Å². The van der Waals surface area contributed by atoms with Gasteiger partial charge in [0.05, 0.1) is 6.61 Å². The molecule has 0 aromatic heterocycles. The van der Waals surface area contributed by atoms with Crippen molar-refractivity contribution < 1.29 is 24.5 Å². The number of esters is 1. The molecule has 5 nitrogen and oxygen atoms in total. The van der Waals surface area contributed by atoms with Crippen molar-refractivity contribution in [1.29, 1.82) is 0 Å². The molecule has 0 saturated heterocycles. The predicted molar refractivity (Wildman–Crippen MR) is 57.8 cm³/mol. The number of hydrogen-bond acceptors (Lipinski definition) is 5. The molecule has 1 unspecified atom stereocenters. The van der Waals surface area contributed by atoms with Crippen LogP contribution in [0.2, 0.25) is 0 Å². The minimum absolute atomic E-state index is 0.170. The van der Waals surface area contributed by atoms with Gasteiger partial charge < -0.3 is 4.74 Å². The van der Waals surface area contributed by atoms with Crippen molar-refractivity contribution in [2.24, 2.45) is 5.41 Å². The Hall–Kier alpha value is -0.940. The minimum atomic E-state index is -0.699. The van der Waals surface area contributed by atoms with E-state index in [2.05, 4.69) is 4.89 Å². The Balaban J connectivity index is 4.21. The minimum Gasteiger partial charge on any atom is -0.455 e. The number of ketones is 1. The van der Waals surface area contributed by atoms with Crippen molar-refractivity contribution in [2.75, 3.05) is 6.61 Å². The molecule has 5 heteroatoms. The Labute approximate surface area is 95.7 Å². The van der Waals surface area contributed by atoms with Gasteiger partial charge in [0.25, 0.3) is 0 Å². The van der Waals surface area contributed by atoms with Crippen LogP contribution in [0.15, 0.2) is 0 Å². The number of rotatable bonds is 7. The summed E-state index contributed by atoms with van der Waals surface area (Å²) in [7, 11) is 0. The summed E-state index contributed by atoms with van der Waals surface area (Å²) in [6.45, 7) is 6.64. The second-order valence-electron chi connectivity index (χ2n) is 4.69. The third-order valence-electron chi connectivity index (χ3n) is 2.30. The van der Waals surface area contributed by atoms with Crippen molar-refractivity contribution in [3.8, 4) is 0 Å². The van der Waals surface area contributed by atoms with E-state index in [0.717, 1.165) is 0 Å². The summed E-state index contributed by atoms with van der Waals surface area (Å²) in [5.74, 6) is -0.632. The monoisotopic (exact) mass is 232 g/mol. The maximum Gasteiger partial charge on any atom is 0.303 e. The van der Waals surface area contributed by atoms with Gasteiger partial charge in [-0.2, -0.15) is 0 Å². The Morgan fingerprint density at radius 1 is 1.31 bits per heavy atom. The fraction of sp³-hybridized carbons (Fsp3) is 0.818. The molecule has 0 rings (SSSR count). The molecular formula is C11H20O5. The Kier molecular flexibility index (Phi) is 6.21. The number of carbonyl (C=O) groups excluding carboxylic acids is 2. The molecule has 0 aromatic carbocycles. The van der Waals surface area contributed by atoms with Crippen LogP contribution in [-0.4, -0.2) is 29.7 Å². The van der Waals surface area contributed by atoms with E-state index in [-0.39, 0.29) is 17.8 Å². The van der Waals surface area contributed by atoms with Crippen molar-refractivity contribution >= 4 is 11.8 Å². The van der Waals surface area contributed by atoms with Gasteiger partial charge in [0.15, 0.2) is 11.9 Å². The van der Waals surface area contributed by atoms with E-state index in [0.29, 0.717) is 12.8 Å². The van der Waals surface area contributed by atoms with Crippen LogP contribution < -0.4 is 0 Å². The summed E-state index contributed by atoms with van der Waals surface area (Å²) in [5.41, 5.74) is -0.261. The third kappa shape index (κ3) is 6.53. The summed E-state index contributed by atoms with van der Waals surface area (Å²) < 4.78 is 4.89. The zero-order valence-electron chi connectivity index (χ0n) is 10.3. The first-order chi connectivity index (χ1) is 7.28. The van der Waals surface area contributed by atoms with Crippen molar-refractivity contribution in [3.05, 3.63) is 0 Å². The van der Waals surface area contributed by atoms with Crippen LogP contribution in [0, 0.1) is 5.41 Å². The number of carbonyl (C=O) groups is 2. The van der Waals surface area contributed by atoms with Crippen LogP contribution in [0.5, 0.6) is 0 Å². The Morgan fingerprint density at radius 2 is 1.88 bits per heavy atom. The highest BCUT2D eigenvalue weighted by atomic mass is 17.1. The van der Waals surface area contributed by atoms with Gasteiger partial charge in [-0.15, -0.1) is 0 Å². The lowest BCUT2D eigenvalue weighted by atomic mass is 9.87. The van der Waals surface area contributed by atoms with Gasteiger partial charge in [0, 0.05) is 6.92 Å². The van der Waals surface area contributed by atoms with Gasteiger partial charge in [-0.25, -0.2) is 4.89 Å². The van der Waals surface area contributed by atoms with Crippen LogP contribution in [0.1, 0.15) is 40.5 Å². The second-order valence-corrected chi connectivity index (χ2v) is 4.69. The van der Waals surface area contributed by atoms with Crippen molar-refractivity contribution in [2.45, 2.75) is 46.6 Å². The summed E-state index contributed by atoms with van der Waals surface area (Å²) in [4.78, 5) is 26.1. The van der Waals surface area contributed by atoms with E-state index >= 15 is 0 Å². The van der Waals surface area contributed by atoms with E-state index in [1.54, 1.807) is 0 Å². The molecule has 0 heterocycles. The number of ether oxygens (including phenoxy) is 1. The molecule has 1 atom stereocenters. The van der Waals surface area contributed by atoms with Crippen LogP contribution >= 0.6 is 0 Å². The summed E-state index contributed by atoms with van der Waals surface area (Å²) in [5, 5.41) is 8.37. The van der Waals surface area contributed by atoms with E-state index in [4.69, 9.17) is 9.99 Å². The highest BCUT2D eigenvalue weighted by Gasteiger charge is 2.24. The molecule has 0 aliphatic heterocycles. The second kappa shape index (κ2) is 6.60. The van der Waals surface area contributed by atoms with Gasteiger partial charge in [0.1, 0.15) is 0 Å². The molecule has 0 aliphatic rings. The van der Waals surface area contributed by atoms with Crippen molar-refractivity contribution in [1.82, 2.24) is 0 Å². The summed E-state index contributed by atoms with van der Waals surface area (Å²) >= 11 is 0. The fourth-order valence-corrected chi connectivity index (χ4v) is 1.31. The molecule has 0 aliphatic carbocycles. The molecule has 0 fully saturated rings. The quantitative estimate of drug-likeness (QED) is 0.411. The highest BCUT2D eigenvalue weighted by Crippen LogP contribution is 2.24. The van der Waals surface area contributed by atoms with Gasteiger partial charge in [0.2, 0.25) is 0 Å². The standard InChI is InChI=1S/C11H20O5/c1-8(12)10(16-9(2)13)5-6-11(3,4)7-15-14/h10,14H,5-7H2,1-4H3. The molecule has 94 valence electrons. The van der Waals surface area contributed by atoms with Crippen LogP contribution in [0.25, 0.3) is 0 Å². The highest BCUT2D eigenvalue weighted by molar-refractivity contribution is 5.82. The Bertz CT molecular complexity index is 247. The topological polar surface area (TPSA) is 72.8 Å². The largest absolute Gasteiger partial charge is 0.455 e. The average Bonchev–Trinajstić information content (AvgIpc) is 2.11. The number of Topliss-reactive ketones (excluding diaryl/α,β-unsaturated/α-hetero) is 1. The lowest BCUT2D eigenvalue weighted by Gasteiger charge is -2.24. The predicted octanol–water partition coefficient (Wildman–Crippen LogP) is 1.80. The van der Waals surface area contributed by atoms with Crippen molar-refractivity contribution in [3.63, 3.8) is 0 Å². The van der Waals surface area contributed by atoms with E-state index in [1.165, 1.54) is 13.8 Å². The summed E-state index contributed by atoms with van der Waals surface area (Å²) in [6.07, 6.45) is 0.353. The first-order valence-electron chi connectivity index (χ1n) is 5.22. The van der Waals surface area contributed by atoms with Gasteiger partial charge in [-0.05, 0) is 25.2 Å². The molecule has 1 N–H and O–H groups in total. The lowest BCUT2D eigenvalue weighted by Crippen LogP contribution is -2.28. The first kappa shape index (κ1) is 15.1. The molecule has 0 aromatic rings. The molecule has 16 heavy (non-hydrogen) atoms. The smallest absolute Gasteiger partial charge is 0.303 e. The third-order valence-corrected chi connectivity index (χ3v) is 2.30. The average molecular weight is 232 g/mol. The number of hydrogen-bond donors (Lipinski definition) is 1. The van der Waals surface area contributed by atoms with E-state index in [9.17, 15) is 9.59 Å². The molecule has 0 radical (unpaired) electrons.